The summed E-state index contributed by atoms with van der Waals surface area (Å²) in [5.41, 5.74) is 0. The Morgan fingerprint density at radius 1 is 1.55 bits per heavy atom. The van der Waals surface area contributed by atoms with Gasteiger partial charge < -0.3 is 0 Å². The monoisotopic (exact) mass is 354 g/mol. The molecule has 0 aliphatic rings. The van der Waals surface area contributed by atoms with Gasteiger partial charge in [0.25, 0.3) is 0 Å². The normalized spacial score (nSPS) is 11.3. The summed E-state index contributed by atoms with van der Waals surface area (Å²) in [5, 5.41) is 0. The standard InChI is InChI=1S/C8H15O2.Bi.2H/c1-4-5-6-10-8(9)7(2)3;;;/h4-6H2,1-3H3;;;. The molecule has 0 aromatic carbocycles. The number of hydrogen-bond acceptors (Lipinski definition) is 2. The van der Waals surface area contributed by atoms with Gasteiger partial charge >= 0.3 is 83.6 Å². The van der Waals surface area contributed by atoms with Crippen LogP contribution in [-0.4, -0.2) is 37.3 Å². The van der Waals surface area contributed by atoms with E-state index in [0.717, 1.165) is 12.8 Å². The summed E-state index contributed by atoms with van der Waals surface area (Å²) in [6.45, 7) is 6.55. The molecule has 11 heavy (non-hydrogen) atoms. The zero-order chi connectivity index (χ0) is 8.91. The van der Waals surface area contributed by atoms with Gasteiger partial charge in [-0.3, -0.25) is 0 Å². The minimum absolute atomic E-state index is 0.0315. The summed E-state index contributed by atoms with van der Waals surface area (Å²) in [4.78, 5) is 11.2. The molecule has 0 aliphatic carbocycles. The van der Waals surface area contributed by atoms with Crippen molar-refractivity contribution in [3.8, 4) is 0 Å². The molecule has 0 aromatic rings. The Kier molecular flexibility index (Phi) is 5.24. The van der Waals surface area contributed by atoms with Gasteiger partial charge in [0, 0.05) is 0 Å². The van der Waals surface area contributed by atoms with E-state index in [0.29, 0.717) is 31.3 Å². The van der Waals surface area contributed by atoms with Crippen molar-refractivity contribution in [2.75, 3.05) is 6.61 Å². The van der Waals surface area contributed by atoms with Crippen molar-refractivity contribution < 1.29 is 9.53 Å². The van der Waals surface area contributed by atoms with Gasteiger partial charge in [-0.05, 0) is 0 Å². The van der Waals surface area contributed by atoms with Crippen LogP contribution < -0.4 is 0 Å². The predicted molar refractivity (Wildman–Crippen MR) is 48.5 cm³/mol. The number of hydrogen-bond donors (Lipinski definition) is 0. The van der Waals surface area contributed by atoms with Gasteiger partial charge in [-0.2, -0.15) is 0 Å². The van der Waals surface area contributed by atoms with Crippen LogP contribution in [0.1, 0.15) is 33.6 Å². The molecule has 0 rings (SSSR count). The average molecular weight is 354 g/mol. The van der Waals surface area contributed by atoms with E-state index in [-0.39, 0.29) is 9.09 Å². The van der Waals surface area contributed by atoms with E-state index in [1.807, 2.05) is 13.8 Å². The number of carbonyl (C=O) groups is 1. The first-order valence-corrected chi connectivity index (χ1v) is 6.19. The fraction of sp³-hybridized carbons (Fsp3) is 0.875. The third-order valence-corrected chi connectivity index (χ3v) is 2.17. The Morgan fingerprint density at radius 2 is 2.09 bits per heavy atom. The Hall–Kier alpha value is 0.353. The first-order chi connectivity index (χ1) is 4.98. The molecule has 66 valence electrons. The quantitative estimate of drug-likeness (QED) is 0.430. The van der Waals surface area contributed by atoms with Crippen molar-refractivity contribution in [2.24, 2.45) is 0 Å². The average Bonchev–Trinajstić information content (AvgIpc) is 1.86. The van der Waals surface area contributed by atoms with E-state index < -0.39 is 0 Å². The van der Waals surface area contributed by atoms with E-state index in [2.05, 4.69) is 6.92 Å². The maximum atomic E-state index is 11.2. The van der Waals surface area contributed by atoms with Gasteiger partial charge in [-0.1, -0.05) is 0 Å². The van der Waals surface area contributed by atoms with Gasteiger partial charge in [-0.25, -0.2) is 0 Å². The molecule has 0 spiro atoms. The molecule has 0 bridgehead atoms. The molecule has 3 heteroatoms. The second-order valence-electron chi connectivity index (χ2n) is 3.21. The SMILES string of the molecule is CCCCOC(=O)[C](C)(C)[BiH2]. The van der Waals surface area contributed by atoms with Crippen LogP contribution in [0.25, 0.3) is 0 Å². The van der Waals surface area contributed by atoms with Gasteiger partial charge in [0.1, 0.15) is 0 Å². The van der Waals surface area contributed by atoms with Crippen LogP contribution in [0.5, 0.6) is 0 Å². The molecule has 0 radical (unpaired) electrons. The van der Waals surface area contributed by atoms with Crippen molar-refractivity contribution in [1.82, 2.24) is 0 Å². The first-order valence-electron chi connectivity index (χ1n) is 3.94. The molecule has 0 aromatic heterocycles. The van der Waals surface area contributed by atoms with Crippen molar-refractivity contribution in [3.05, 3.63) is 0 Å². The second kappa shape index (κ2) is 5.08. The molecule has 0 fully saturated rings. The van der Waals surface area contributed by atoms with Gasteiger partial charge in [0.05, 0.1) is 0 Å². The molecule has 0 atom stereocenters. The molecule has 0 N–H and O–H groups in total. The molecule has 0 aliphatic heterocycles. The fourth-order valence-corrected chi connectivity index (χ4v) is 0.819. The zero-order valence-corrected chi connectivity index (χ0v) is 12.0. The third-order valence-electron chi connectivity index (χ3n) is 1.26. The van der Waals surface area contributed by atoms with Crippen LogP contribution in [0.4, 0.5) is 0 Å². The molecule has 0 heterocycles. The number of carbonyl (C=O) groups excluding carboxylic acids is 1. The van der Waals surface area contributed by atoms with E-state index in [1.54, 1.807) is 0 Å². The zero-order valence-electron chi connectivity index (χ0n) is 7.52. The molecule has 2 nitrogen and oxygen atoms in total. The van der Waals surface area contributed by atoms with Crippen LogP contribution in [0.3, 0.4) is 0 Å². The minimum atomic E-state index is -0.187. The van der Waals surface area contributed by atoms with Crippen LogP contribution >= 0.6 is 0 Å². The summed E-state index contributed by atoms with van der Waals surface area (Å²) in [7, 11) is 0. The summed E-state index contributed by atoms with van der Waals surface area (Å²) >= 11 is 0.654. The first kappa shape index (κ1) is 11.4. The number of ether oxygens (including phenoxy) is 1. The van der Waals surface area contributed by atoms with Gasteiger partial charge in [0.2, 0.25) is 0 Å². The fourth-order valence-electron chi connectivity index (χ4n) is 0.495. The molecular formula is C8H17BiO2. The molecule has 0 amide bonds. The Balaban J connectivity index is 3.54. The van der Waals surface area contributed by atoms with Crippen molar-refractivity contribution in [2.45, 2.75) is 36.7 Å². The number of unbranched alkanes of at least 4 members (excludes halogenated alkanes) is 1. The molecule has 0 unspecified atom stereocenters. The summed E-state index contributed by atoms with van der Waals surface area (Å²) < 4.78 is 4.86. The topological polar surface area (TPSA) is 26.3 Å². The summed E-state index contributed by atoms with van der Waals surface area (Å²) in [6.07, 6.45) is 2.06. The Bertz CT molecular complexity index is 127. The van der Waals surface area contributed by atoms with Gasteiger partial charge in [-0.15, -0.1) is 0 Å². The second-order valence-corrected chi connectivity index (χ2v) is 8.82. The van der Waals surface area contributed by atoms with Crippen molar-refractivity contribution in [1.29, 1.82) is 0 Å². The van der Waals surface area contributed by atoms with Crippen LogP contribution in [0.15, 0.2) is 0 Å². The maximum absolute atomic E-state index is 11.2. The van der Waals surface area contributed by atoms with Crippen LogP contribution in [0, 0.1) is 0 Å². The summed E-state index contributed by atoms with van der Waals surface area (Å²) in [5.74, 6) is -0.0315. The summed E-state index contributed by atoms with van der Waals surface area (Å²) in [6, 6.07) is 0. The molecule has 0 saturated heterocycles. The van der Waals surface area contributed by atoms with Gasteiger partial charge in [0.15, 0.2) is 0 Å². The number of rotatable bonds is 4. The van der Waals surface area contributed by atoms with E-state index in [1.165, 1.54) is 0 Å². The molecular weight excluding hydrogens is 337 g/mol. The predicted octanol–water partition coefficient (Wildman–Crippen LogP) is 1.16. The van der Waals surface area contributed by atoms with E-state index in [9.17, 15) is 4.79 Å². The number of esters is 1. The van der Waals surface area contributed by atoms with Crippen LogP contribution in [-0.2, 0) is 9.53 Å². The van der Waals surface area contributed by atoms with E-state index in [4.69, 9.17) is 4.74 Å². The van der Waals surface area contributed by atoms with Crippen LogP contribution in [0.2, 0.25) is 3.12 Å². The van der Waals surface area contributed by atoms with Crippen molar-refractivity contribution in [3.63, 3.8) is 0 Å². The third kappa shape index (κ3) is 5.60. The molecule has 0 saturated carbocycles. The Labute approximate surface area is 83.5 Å². The van der Waals surface area contributed by atoms with Crippen molar-refractivity contribution >= 4 is 30.7 Å². The van der Waals surface area contributed by atoms with E-state index >= 15 is 0 Å². The Morgan fingerprint density at radius 3 is 2.45 bits per heavy atom.